The van der Waals surface area contributed by atoms with Crippen molar-refractivity contribution < 1.29 is 86.6 Å². The molecule has 0 saturated heterocycles. The van der Waals surface area contributed by atoms with E-state index in [0.717, 1.165) is 0 Å². The van der Waals surface area contributed by atoms with E-state index in [2.05, 4.69) is 0 Å². The maximum absolute atomic E-state index is 11.3. The fourth-order valence-corrected chi connectivity index (χ4v) is 2.00. The smallest absolute Gasteiger partial charge is 1.00 e. The Morgan fingerprint density at radius 2 is 1.52 bits per heavy atom. The predicted molar refractivity (Wildman–Crippen MR) is 78.0 cm³/mol. The molecule has 116 valence electrons. The van der Waals surface area contributed by atoms with Gasteiger partial charge in [0.05, 0.1) is 11.1 Å². The Kier molecular flexibility index (Phi) is 11.8. The van der Waals surface area contributed by atoms with Gasteiger partial charge in [0.1, 0.15) is 0 Å². The minimum absolute atomic E-state index is 0. The van der Waals surface area contributed by atoms with Crippen LogP contribution in [0, 0.1) is 5.92 Å². The average molecular weight is 339 g/mol. The molecular formula is C15H19NNa2O5. The van der Waals surface area contributed by atoms with Crippen LogP contribution in [0.5, 0.6) is 0 Å². The molecule has 0 spiro atoms. The van der Waals surface area contributed by atoms with Gasteiger partial charge in [-0.15, -0.1) is 0 Å². The van der Waals surface area contributed by atoms with Crippen molar-refractivity contribution in [2.75, 3.05) is 0 Å². The predicted octanol–water partition coefficient (Wildman–Crippen LogP) is -4.32. The monoisotopic (exact) mass is 339 g/mol. The second-order valence-electron chi connectivity index (χ2n) is 4.90. The Hall–Kier alpha value is -0.630. The van der Waals surface area contributed by atoms with Gasteiger partial charge in [-0.3, -0.25) is 4.79 Å². The van der Waals surface area contributed by atoms with Crippen LogP contribution in [0.4, 0.5) is 0 Å². The Balaban J connectivity index is -0.000000551. The first-order valence-electron chi connectivity index (χ1n) is 6.32. The maximum atomic E-state index is 11.3. The van der Waals surface area contributed by atoms with Crippen LogP contribution >= 0.6 is 0 Å². The van der Waals surface area contributed by atoms with Crippen LogP contribution in [0.3, 0.4) is 0 Å². The van der Waals surface area contributed by atoms with Crippen LogP contribution < -0.4 is 64.8 Å². The molecule has 1 amide bonds. The van der Waals surface area contributed by atoms with E-state index in [9.17, 15) is 24.6 Å². The van der Waals surface area contributed by atoms with Crippen LogP contribution in [0.15, 0.2) is 35.4 Å². The molecule has 0 fully saturated rings. The van der Waals surface area contributed by atoms with Crippen molar-refractivity contribution in [1.29, 1.82) is 0 Å². The molecule has 0 aliphatic carbocycles. The number of primary amides is 1. The Morgan fingerprint density at radius 3 is 1.83 bits per heavy atom. The molecule has 23 heavy (non-hydrogen) atoms. The van der Waals surface area contributed by atoms with Gasteiger partial charge < -0.3 is 18.8 Å². The zero-order valence-corrected chi connectivity index (χ0v) is 17.8. The number of benzene rings is 1. The molecule has 0 aliphatic rings. The van der Waals surface area contributed by atoms with Crippen molar-refractivity contribution in [2.24, 2.45) is 11.7 Å². The molecule has 0 bridgehead atoms. The van der Waals surface area contributed by atoms with Crippen molar-refractivity contribution in [3.8, 4) is 0 Å². The topological polar surface area (TPSA) is 118 Å². The summed E-state index contributed by atoms with van der Waals surface area (Å²) in [6.07, 6.45) is -0.0335. The number of amides is 1. The Morgan fingerprint density at radius 1 is 1.04 bits per heavy atom. The molecule has 1 aromatic rings. The fourth-order valence-electron chi connectivity index (χ4n) is 2.00. The maximum Gasteiger partial charge on any atom is 1.00 e. The Labute approximate surface area is 181 Å². The van der Waals surface area contributed by atoms with E-state index in [0.29, 0.717) is 11.1 Å². The summed E-state index contributed by atoms with van der Waals surface area (Å²) in [4.78, 5) is 33.5. The first-order chi connectivity index (χ1) is 9.73. The van der Waals surface area contributed by atoms with Gasteiger partial charge in [0.15, 0.2) is 0 Å². The van der Waals surface area contributed by atoms with Crippen LogP contribution in [0.25, 0.3) is 0 Å². The minimum atomic E-state index is -1.26. The van der Waals surface area contributed by atoms with Crippen molar-refractivity contribution in [3.63, 3.8) is 0 Å². The summed E-state index contributed by atoms with van der Waals surface area (Å²) in [7, 11) is 0. The van der Waals surface area contributed by atoms with Gasteiger partial charge in [0, 0.05) is 12.0 Å². The molecule has 0 radical (unpaired) electrons. The number of carbonyl (C=O) groups excluding carboxylic acids is 1. The number of nitrogens with two attached hydrogens (primary N) is 1. The Bertz CT molecular complexity index is 619. The van der Waals surface area contributed by atoms with E-state index in [1.165, 1.54) is 12.1 Å². The quantitative estimate of drug-likeness (QED) is 0.358. The molecule has 1 rings (SSSR count). The second-order valence-corrected chi connectivity index (χ2v) is 4.90. The normalized spacial score (nSPS) is 10.9. The largest absolute Gasteiger partial charge is 1.00 e. The van der Waals surface area contributed by atoms with Crippen LogP contribution in [0.1, 0.15) is 32.6 Å². The fraction of sp³-hybridized carbons (Fsp3) is 0.267. The standard InChI is InChI=1S/C15H17NO5.2Na.2H/c1-8(2)12(15(20)21)11(14(18)19)7-9-3-5-10(6-4-9)13(16)17;;;;/h3-6,8H,7H2,1-2H3,(H2,16,17)(H,18,19)(H,20,21);;;;/q;2*+1;2*-1/b12-11-;;;;. The number of hydrogen-bond donors (Lipinski definition) is 3. The van der Waals surface area contributed by atoms with Crippen molar-refractivity contribution in [1.82, 2.24) is 0 Å². The summed E-state index contributed by atoms with van der Waals surface area (Å²) in [6.45, 7) is 3.26. The van der Waals surface area contributed by atoms with Gasteiger partial charge in [0.2, 0.25) is 5.91 Å². The third kappa shape index (κ3) is 7.20. The molecule has 4 N–H and O–H groups in total. The van der Waals surface area contributed by atoms with Gasteiger partial charge in [-0.1, -0.05) is 26.0 Å². The molecule has 0 heterocycles. The summed E-state index contributed by atoms with van der Waals surface area (Å²) in [5, 5.41) is 18.4. The first kappa shape index (κ1) is 24.6. The number of carbonyl (C=O) groups is 3. The number of carboxylic acids is 2. The van der Waals surface area contributed by atoms with E-state index in [1.54, 1.807) is 26.0 Å². The molecule has 0 aromatic heterocycles. The zero-order valence-electron chi connectivity index (χ0n) is 15.8. The van der Waals surface area contributed by atoms with Gasteiger partial charge in [0.25, 0.3) is 0 Å². The number of aliphatic carboxylic acids is 2. The minimum Gasteiger partial charge on any atom is -1.00 e. The summed E-state index contributed by atoms with van der Waals surface area (Å²) in [6, 6.07) is 6.07. The molecule has 8 heteroatoms. The number of carboxylic acid groups (broad SMARTS) is 2. The third-order valence-corrected chi connectivity index (χ3v) is 3.01. The van der Waals surface area contributed by atoms with Gasteiger partial charge in [-0.25, -0.2) is 9.59 Å². The van der Waals surface area contributed by atoms with Crippen LogP contribution in [-0.2, 0) is 16.0 Å². The average Bonchev–Trinajstić information content (AvgIpc) is 2.37. The van der Waals surface area contributed by atoms with Gasteiger partial charge >= 0.3 is 71.1 Å². The van der Waals surface area contributed by atoms with E-state index in [-0.39, 0.29) is 79.5 Å². The summed E-state index contributed by atoms with van der Waals surface area (Å²) in [5.41, 5.74) is 5.74. The van der Waals surface area contributed by atoms with E-state index in [4.69, 9.17) is 5.73 Å². The van der Waals surface area contributed by atoms with Crippen molar-refractivity contribution >= 4 is 17.8 Å². The molecule has 0 unspecified atom stereocenters. The number of hydrogen-bond acceptors (Lipinski definition) is 3. The molecule has 1 aromatic carbocycles. The van der Waals surface area contributed by atoms with Crippen molar-refractivity contribution in [3.05, 3.63) is 46.5 Å². The van der Waals surface area contributed by atoms with E-state index < -0.39 is 23.8 Å². The molecule has 0 atom stereocenters. The van der Waals surface area contributed by atoms with Gasteiger partial charge in [-0.2, -0.15) is 0 Å². The van der Waals surface area contributed by atoms with E-state index in [1.807, 2.05) is 0 Å². The zero-order chi connectivity index (χ0) is 16.2. The number of rotatable bonds is 6. The third-order valence-electron chi connectivity index (χ3n) is 3.01. The van der Waals surface area contributed by atoms with Crippen LogP contribution in [0.2, 0.25) is 0 Å². The first-order valence-corrected chi connectivity index (χ1v) is 6.32. The SMILES string of the molecule is CC(C)/C(C(=O)O)=C(\Cc1ccc(C(N)=O)cc1)C(=O)O.[H-].[H-].[Na+].[Na+]. The van der Waals surface area contributed by atoms with Crippen molar-refractivity contribution in [2.45, 2.75) is 20.3 Å². The second kappa shape index (κ2) is 11.0. The summed E-state index contributed by atoms with van der Waals surface area (Å²) >= 11 is 0. The summed E-state index contributed by atoms with van der Waals surface area (Å²) in [5.74, 6) is -3.50. The van der Waals surface area contributed by atoms with Gasteiger partial charge in [-0.05, 0) is 23.6 Å². The molecule has 0 aliphatic heterocycles. The van der Waals surface area contributed by atoms with E-state index >= 15 is 0 Å². The van der Waals surface area contributed by atoms with Crippen LogP contribution in [-0.4, -0.2) is 28.1 Å². The summed E-state index contributed by atoms with van der Waals surface area (Å²) < 4.78 is 0. The molecule has 0 saturated carbocycles. The molecule has 6 nitrogen and oxygen atoms in total. The molecular weight excluding hydrogens is 320 g/mol.